The fraction of sp³-hybridized carbons (Fsp3) is 0.762. The molecule has 0 spiro atoms. The third kappa shape index (κ3) is 10.8. The molecule has 13 heteroatoms. The van der Waals surface area contributed by atoms with E-state index in [9.17, 15) is 44.7 Å². The number of Topliss-reactive ketones (excluding diaryl/α,β-unsaturated/α-hetero) is 2. The highest BCUT2D eigenvalue weighted by Crippen LogP contribution is 2.38. The minimum absolute atomic E-state index is 0.0277. The number of ether oxygens (including phenoxy) is 3. The number of hydrogen-bond acceptors (Lipinski definition) is 12. The molecule has 3 heterocycles. The molecule has 0 aromatic heterocycles. The summed E-state index contributed by atoms with van der Waals surface area (Å²) in [4.78, 5) is 57.1. The van der Waals surface area contributed by atoms with E-state index in [2.05, 4.69) is 6.58 Å². The number of aliphatic hydroxyl groups excluding tert-OH is 4. The molecule has 3 aliphatic heterocycles. The quantitative estimate of drug-likeness (QED) is 0.155. The molecule has 5 N–H and O–H groups in total. The van der Waals surface area contributed by atoms with E-state index < -0.39 is 83.9 Å². The number of hydrogen-bond donors (Lipinski definition) is 5. The number of nitrogens with zero attached hydrogens (tertiary/aromatic N) is 1. The topological polar surface area (TPSA) is 200 Å². The zero-order valence-corrected chi connectivity index (χ0v) is 33.5. The van der Waals surface area contributed by atoms with Crippen LogP contribution >= 0.6 is 0 Å². The van der Waals surface area contributed by atoms with Gasteiger partial charge in [0.2, 0.25) is 5.79 Å². The molecule has 4 aliphatic rings. The lowest BCUT2D eigenvalue weighted by molar-refractivity contribution is -0.298. The van der Waals surface area contributed by atoms with Crippen molar-refractivity contribution in [2.75, 3.05) is 13.7 Å². The van der Waals surface area contributed by atoms with Crippen LogP contribution in [0.5, 0.6) is 0 Å². The molecule has 1 saturated carbocycles. The summed E-state index contributed by atoms with van der Waals surface area (Å²) in [5.74, 6) is -8.69. The molecule has 3 fully saturated rings. The van der Waals surface area contributed by atoms with Gasteiger partial charge in [-0.25, -0.2) is 4.79 Å². The van der Waals surface area contributed by atoms with Crippen molar-refractivity contribution in [3.63, 3.8) is 0 Å². The molecule has 0 aromatic rings. The van der Waals surface area contributed by atoms with Gasteiger partial charge in [-0.05, 0) is 95.5 Å². The third-order valence-electron chi connectivity index (χ3n) is 12.3. The zero-order valence-electron chi connectivity index (χ0n) is 33.5. The number of ketones is 2. The van der Waals surface area contributed by atoms with E-state index in [1.54, 1.807) is 27.0 Å². The Morgan fingerprint density at radius 1 is 0.964 bits per heavy atom. The molecule has 1 aliphatic carbocycles. The maximum Gasteiger partial charge on any atom is 0.329 e. The summed E-state index contributed by atoms with van der Waals surface area (Å²) in [6.07, 6.45) is 1.83. The summed E-state index contributed by atoms with van der Waals surface area (Å²) in [5.41, 5.74) is 1.49. The predicted molar refractivity (Wildman–Crippen MR) is 203 cm³/mol. The van der Waals surface area contributed by atoms with Crippen molar-refractivity contribution < 1.29 is 58.9 Å². The Morgan fingerprint density at radius 2 is 1.65 bits per heavy atom. The van der Waals surface area contributed by atoms with Gasteiger partial charge < -0.3 is 44.6 Å². The number of piperidine rings is 1. The van der Waals surface area contributed by atoms with Crippen molar-refractivity contribution in [1.82, 2.24) is 4.90 Å². The molecule has 2 bridgehead atoms. The molecule has 2 saturated heterocycles. The number of cyclic esters (lactones) is 1. The fourth-order valence-corrected chi connectivity index (χ4v) is 9.02. The number of carbonyl (C=O) groups is 4. The molecule has 0 aromatic carbocycles. The second-order valence-corrected chi connectivity index (χ2v) is 16.9. The zero-order chi connectivity index (χ0) is 40.8. The van der Waals surface area contributed by atoms with Crippen LogP contribution in [0.3, 0.4) is 0 Å². The highest BCUT2D eigenvalue weighted by molar-refractivity contribution is 6.39. The highest BCUT2D eigenvalue weighted by Gasteiger charge is 2.56. The highest BCUT2D eigenvalue weighted by atomic mass is 16.7. The van der Waals surface area contributed by atoms with Crippen LogP contribution in [0.25, 0.3) is 0 Å². The standard InChI is InChI=1S/C42H65NO12/c1-8-11-29-17-23(2)16-24(3)18-34(47)38-35(48)20-26(5)42(52,55-38)39(49)40(50)43-15-10-9-12-30(43)41(51)54-37(27(6)32(45)22-33(29)46)25(4)19-28-13-14-31(44)36(21-28)53-7/h8,17,19,24,26-32,34-38,44-45,47-48,52H,1,9-16,18,20-22H2,2-7H3/b23-17+,25-19+/t24-,26+,27+,28-,29+,30-,31+,32-,34-,35-,36+,37+,38+,42+/m0/s1. The first-order valence-corrected chi connectivity index (χ1v) is 20.1. The molecule has 1 amide bonds. The van der Waals surface area contributed by atoms with Gasteiger partial charge in [0.05, 0.1) is 30.5 Å². The van der Waals surface area contributed by atoms with Crippen LogP contribution in [0.2, 0.25) is 0 Å². The number of carbonyl (C=O) groups excluding carboxylic acids is 4. The number of fused-ring (bicyclic) bond motifs is 3. The predicted octanol–water partition coefficient (Wildman–Crippen LogP) is 3.33. The van der Waals surface area contributed by atoms with E-state index >= 15 is 0 Å². The largest absolute Gasteiger partial charge is 0.456 e. The molecule has 14 atom stereocenters. The van der Waals surface area contributed by atoms with Crippen LogP contribution in [0, 0.1) is 29.6 Å². The summed E-state index contributed by atoms with van der Waals surface area (Å²) < 4.78 is 17.5. The van der Waals surface area contributed by atoms with Gasteiger partial charge in [-0.3, -0.25) is 14.4 Å². The SMILES string of the molecule is C=CC[C@@H]1/C=C(\C)C[C@H](C)C[C@H](O)[C@H]2O[C@@](O)(C(=O)C(=O)N3CCCC[C@H]3C(=O)O[C@H](/C(C)=C/[C@@H]3CC[C@@H](O)[C@H](OC)C3)[C@H](C)[C@@H](O)CC1=O)[C@H](C)C[C@@H]2O. The van der Waals surface area contributed by atoms with Crippen LogP contribution in [-0.4, -0.2) is 122 Å². The molecular weight excluding hydrogens is 710 g/mol. The van der Waals surface area contributed by atoms with E-state index in [4.69, 9.17) is 14.2 Å². The van der Waals surface area contributed by atoms with Crippen molar-refractivity contribution in [2.45, 2.75) is 160 Å². The van der Waals surface area contributed by atoms with Gasteiger partial charge in [-0.15, -0.1) is 6.58 Å². The molecule has 310 valence electrons. The van der Waals surface area contributed by atoms with Crippen LogP contribution < -0.4 is 0 Å². The van der Waals surface area contributed by atoms with Crippen molar-refractivity contribution >= 4 is 23.4 Å². The van der Waals surface area contributed by atoms with E-state index in [1.165, 1.54) is 6.92 Å². The van der Waals surface area contributed by atoms with Crippen LogP contribution in [0.4, 0.5) is 0 Å². The molecular formula is C42H65NO12. The third-order valence-corrected chi connectivity index (χ3v) is 12.3. The van der Waals surface area contributed by atoms with Gasteiger partial charge in [0.1, 0.15) is 24.0 Å². The van der Waals surface area contributed by atoms with Gasteiger partial charge in [0.15, 0.2) is 0 Å². The molecule has 0 unspecified atom stereocenters. The summed E-state index contributed by atoms with van der Waals surface area (Å²) in [7, 11) is 1.55. The first-order chi connectivity index (χ1) is 25.9. The average Bonchev–Trinajstić information content (AvgIpc) is 3.14. The minimum atomic E-state index is -2.67. The monoisotopic (exact) mass is 775 g/mol. The van der Waals surface area contributed by atoms with Crippen LogP contribution in [0.1, 0.15) is 105 Å². The van der Waals surface area contributed by atoms with Crippen LogP contribution in [-0.2, 0) is 33.4 Å². The Morgan fingerprint density at radius 3 is 2.33 bits per heavy atom. The Hall–Kier alpha value is -2.78. The summed E-state index contributed by atoms with van der Waals surface area (Å²) >= 11 is 0. The second-order valence-electron chi connectivity index (χ2n) is 16.9. The molecule has 4 rings (SSSR count). The maximum absolute atomic E-state index is 14.2. The van der Waals surface area contributed by atoms with E-state index in [1.807, 2.05) is 26.0 Å². The van der Waals surface area contributed by atoms with Gasteiger partial charge in [-0.2, -0.15) is 0 Å². The van der Waals surface area contributed by atoms with E-state index in [0.29, 0.717) is 50.5 Å². The first kappa shape index (κ1) is 44.9. The number of esters is 1. The normalized spacial score (nSPS) is 42.0. The lowest BCUT2D eigenvalue weighted by atomic mass is 9.81. The summed E-state index contributed by atoms with van der Waals surface area (Å²) in [6, 6.07) is -1.19. The first-order valence-electron chi connectivity index (χ1n) is 20.1. The van der Waals surface area contributed by atoms with Gasteiger partial charge in [0, 0.05) is 37.8 Å². The van der Waals surface area contributed by atoms with Gasteiger partial charge in [-0.1, -0.05) is 44.6 Å². The van der Waals surface area contributed by atoms with Crippen molar-refractivity contribution in [3.8, 4) is 0 Å². The average molecular weight is 776 g/mol. The lowest BCUT2D eigenvalue weighted by Crippen LogP contribution is -2.64. The van der Waals surface area contributed by atoms with Crippen molar-refractivity contribution in [3.05, 3.63) is 36.0 Å². The number of rotatable bonds is 5. The number of methoxy groups -OCH3 is 1. The number of allylic oxidation sites excluding steroid dienone is 4. The van der Waals surface area contributed by atoms with E-state index in [-0.39, 0.29) is 56.0 Å². The molecule has 55 heavy (non-hydrogen) atoms. The molecule has 0 radical (unpaired) electrons. The molecule has 13 nitrogen and oxygen atoms in total. The van der Waals surface area contributed by atoms with Crippen molar-refractivity contribution in [1.29, 1.82) is 0 Å². The Labute approximate surface area is 325 Å². The van der Waals surface area contributed by atoms with Crippen LogP contribution in [0.15, 0.2) is 36.0 Å². The fourth-order valence-electron chi connectivity index (χ4n) is 9.02. The summed E-state index contributed by atoms with van der Waals surface area (Å²) in [6.45, 7) is 12.6. The van der Waals surface area contributed by atoms with Crippen molar-refractivity contribution in [2.24, 2.45) is 29.6 Å². The Balaban J connectivity index is 1.75. The smallest absolute Gasteiger partial charge is 0.329 e. The second kappa shape index (κ2) is 19.6. The lowest BCUT2D eigenvalue weighted by Gasteiger charge is -2.45. The van der Waals surface area contributed by atoms with Gasteiger partial charge >= 0.3 is 5.97 Å². The van der Waals surface area contributed by atoms with Gasteiger partial charge in [0.25, 0.3) is 11.7 Å². The number of aliphatic hydroxyl groups is 5. The van der Waals surface area contributed by atoms with E-state index in [0.717, 1.165) is 10.5 Å². The minimum Gasteiger partial charge on any atom is -0.456 e. The number of amides is 1. The maximum atomic E-state index is 14.2. The Kier molecular flexibility index (Phi) is 16.0. The Bertz CT molecular complexity index is 1440. The summed E-state index contributed by atoms with van der Waals surface area (Å²) in [5, 5.41) is 55.9.